The lowest BCUT2D eigenvalue weighted by Gasteiger charge is -2.41. The summed E-state index contributed by atoms with van der Waals surface area (Å²) in [5.41, 5.74) is 1.90. The molecular formula is C19H28N2O2. The van der Waals surface area contributed by atoms with Crippen molar-refractivity contribution < 1.29 is 9.90 Å². The number of benzene rings is 1. The zero-order chi connectivity index (χ0) is 16.4. The minimum absolute atomic E-state index is 0.105. The summed E-state index contributed by atoms with van der Waals surface area (Å²) in [7, 11) is 2.21. The van der Waals surface area contributed by atoms with Crippen LogP contribution in [0.2, 0.25) is 0 Å². The van der Waals surface area contributed by atoms with Crippen molar-refractivity contribution in [3.05, 3.63) is 29.3 Å². The monoisotopic (exact) mass is 316 g/mol. The fraction of sp³-hybridized carbons (Fsp3) is 0.632. The second-order valence-corrected chi connectivity index (χ2v) is 7.45. The molecule has 0 aromatic heterocycles. The highest BCUT2D eigenvalue weighted by atomic mass is 16.3. The van der Waals surface area contributed by atoms with Crippen LogP contribution < -0.4 is 0 Å². The van der Waals surface area contributed by atoms with Crippen LogP contribution in [0.1, 0.15) is 48.0 Å². The molecule has 2 aliphatic heterocycles. The number of amides is 1. The molecule has 2 aliphatic rings. The van der Waals surface area contributed by atoms with Gasteiger partial charge in [-0.3, -0.25) is 4.79 Å². The zero-order valence-corrected chi connectivity index (χ0v) is 14.3. The van der Waals surface area contributed by atoms with Gasteiger partial charge in [-0.25, -0.2) is 0 Å². The van der Waals surface area contributed by atoms with Gasteiger partial charge in [0.05, 0.1) is 0 Å². The Morgan fingerprint density at radius 1 is 1.09 bits per heavy atom. The molecule has 23 heavy (non-hydrogen) atoms. The van der Waals surface area contributed by atoms with E-state index in [2.05, 4.69) is 11.9 Å². The molecule has 0 atom stereocenters. The molecule has 1 N–H and O–H groups in total. The SMILES string of the molecule is Cc1cc(C(=O)N2CCC3(CCCN(C)CC3)CC2)ccc1O. The Morgan fingerprint density at radius 2 is 1.78 bits per heavy atom. The molecule has 0 radical (unpaired) electrons. The first-order valence-corrected chi connectivity index (χ1v) is 8.77. The van der Waals surface area contributed by atoms with E-state index < -0.39 is 0 Å². The molecule has 126 valence electrons. The summed E-state index contributed by atoms with van der Waals surface area (Å²) >= 11 is 0. The summed E-state index contributed by atoms with van der Waals surface area (Å²) in [6.07, 6.45) is 6.11. The second-order valence-electron chi connectivity index (χ2n) is 7.45. The minimum Gasteiger partial charge on any atom is -0.508 e. The third kappa shape index (κ3) is 3.52. The average molecular weight is 316 g/mol. The highest BCUT2D eigenvalue weighted by molar-refractivity contribution is 5.94. The highest BCUT2D eigenvalue weighted by Gasteiger charge is 2.36. The van der Waals surface area contributed by atoms with Gasteiger partial charge in [-0.1, -0.05) is 0 Å². The quantitative estimate of drug-likeness (QED) is 0.866. The summed E-state index contributed by atoms with van der Waals surface area (Å²) in [5.74, 6) is 0.357. The van der Waals surface area contributed by atoms with E-state index >= 15 is 0 Å². The molecule has 2 saturated heterocycles. The van der Waals surface area contributed by atoms with Crippen LogP contribution in [-0.2, 0) is 0 Å². The minimum atomic E-state index is 0.105. The summed E-state index contributed by atoms with van der Waals surface area (Å²) in [6, 6.07) is 5.15. The lowest BCUT2D eigenvalue weighted by Crippen LogP contribution is -2.43. The van der Waals surface area contributed by atoms with Gasteiger partial charge < -0.3 is 14.9 Å². The topological polar surface area (TPSA) is 43.8 Å². The second kappa shape index (κ2) is 6.52. The lowest BCUT2D eigenvalue weighted by atomic mass is 9.73. The molecule has 2 heterocycles. The van der Waals surface area contributed by atoms with Crippen molar-refractivity contribution in [2.24, 2.45) is 5.41 Å². The van der Waals surface area contributed by atoms with Crippen LogP contribution in [0.15, 0.2) is 18.2 Å². The van der Waals surface area contributed by atoms with Crippen molar-refractivity contribution in [1.29, 1.82) is 0 Å². The first-order chi connectivity index (χ1) is 11.0. The summed E-state index contributed by atoms with van der Waals surface area (Å²) in [4.78, 5) is 17.1. The predicted molar refractivity (Wildman–Crippen MR) is 91.8 cm³/mol. The molecule has 0 unspecified atom stereocenters. The van der Waals surface area contributed by atoms with Gasteiger partial charge in [-0.15, -0.1) is 0 Å². The summed E-state index contributed by atoms with van der Waals surface area (Å²) in [6.45, 7) is 5.95. The summed E-state index contributed by atoms with van der Waals surface area (Å²) in [5, 5.41) is 9.62. The molecule has 0 aliphatic carbocycles. The Kier molecular flexibility index (Phi) is 4.62. The smallest absolute Gasteiger partial charge is 0.253 e. The fourth-order valence-corrected chi connectivity index (χ4v) is 4.04. The van der Waals surface area contributed by atoms with Crippen molar-refractivity contribution in [3.63, 3.8) is 0 Å². The number of carbonyl (C=O) groups is 1. The molecule has 2 fully saturated rings. The van der Waals surface area contributed by atoms with Gasteiger partial charge in [0.2, 0.25) is 0 Å². The number of likely N-dealkylation sites (tertiary alicyclic amines) is 2. The number of piperidine rings is 1. The first-order valence-electron chi connectivity index (χ1n) is 8.77. The van der Waals surface area contributed by atoms with Crippen LogP contribution in [0.5, 0.6) is 5.75 Å². The summed E-state index contributed by atoms with van der Waals surface area (Å²) < 4.78 is 0. The van der Waals surface area contributed by atoms with Gasteiger partial charge in [-0.05, 0) is 88.3 Å². The number of hydrogen-bond acceptors (Lipinski definition) is 3. The van der Waals surface area contributed by atoms with Gasteiger partial charge in [-0.2, -0.15) is 0 Å². The van der Waals surface area contributed by atoms with E-state index in [1.807, 2.05) is 11.8 Å². The van der Waals surface area contributed by atoms with Crippen LogP contribution in [0.4, 0.5) is 0 Å². The molecule has 1 aromatic rings. The number of aromatic hydroxyl groups is 1. The average Bonchev–Trinajstić information content (AvgIpc) is 2.73. The Bertz CT molecular complexity index is 577. The van der Waals surface area contributed by atoms with Gasteiger partial charge in [0.1, 0.15) is 5.75 Å². The zero-order valence-electron chi connectivity index (χ0n) is 14.3. The Balaban J connectivity index is 1.64. The van der Waals surface area contributed by atoms with Crippen LogP contribution in [0, 0.1) is 12.3 Å². The Morgan fingerprint density at radius 3 is 2.48 bits per heavy atom. The molecule has 4 heteroatoms. The van der Waals surface area contributed by atoms with Gasteiger partial charge in [0.15, 0.2) is 0 Å². The van der Waals surface area contributed by atoms with E-state index in [0.29, 0.717) is 11.0 Å². The van der Waals surface area contributed by atoms with Crippen LogP contribution in [0.25, 0.3) is 0 Å². The van der Waals surface area contributed by atoms with Crippen molar-refractivity contribution in [2.45, 2.75) is 39.0 Å². The van der Waals surface area contributed by atoms with E-state index in [4.69, 9.17) is 0 Å². The first kappa shape index (κ1) is 16.3. The van der Waals surface area contributed by atoms with Crippen molar-refractivity contribution in [1.82, 2.24) is 9.80 Å². The molecule has 4 nitrogen and oxygen atoms in total. The lowest BCUT2D eigenvalue weighted by molar-refractivity contribution is 0.0542. The van der Waals surface area contributed by atoms with E-state index in [1.165, 1.54) is 32.4 Å². The number of phenolic OH excluding ortho intramolecular Hbond substituents is 1. The van der Waals surface area contributed by atoms with Crippen LogP contribution >= 0.6 is 0 Å². The van der Waals surface area contributed by atoms with E-state index in [0.717, 1.165) is 31.5 Å². The van der Waals surface area contributed by atoms with Gasteiger partial charge in [0.25, 0.3) is 5.91 Å². The molecule has 3 rings (SSSR count). The highest BCUT2D eigenvalue weighted by Crippen LogP contribution is 2.41. The van der Waals surface area contributed by atoms with Crippen LogP contribution in [-0.4, -0.2) is 54.0 Å². The van der Waals surface area contributed by atoms with Crippen molar-refractivity contribution in [3.8, 4) is 5.75 Å². The standard InChI is InChI=1S/C19H28N2O2/c1-15-14-16(4-5-17(15)22)18(23)21-12-8-19(9-13-21)6-3-10-20(2)11-7-19/h4-5,14,22H,3,6-13H2,1-2H3. The molecule has 1 amide bonds. The molecule has 0 bridgehead atoms. The van der Waals surface area contributed by atoms with E-state index in [1.54, 1.807) is 18.2 Å². The maximum absolute atomic E-state index is 12.7. The van der Waals surface area contributed by atoms with Crippen molar-refractivity contribution in [2.75, 3.05) is 33.2 Å². The fourth-order valence-electron chi connectivity index (χ4n) is 4.04. The van der Waals surface area contributed by atoms with E-state index in [9.17, 15) is 9.90 Å². The largest absolute Gasteiger partial charge is 0.508 e. The van der Waals surface area contributed by atoms with Gasteiger partial charge >= 0.3 is 0 Å². The predicted octanol–water partition coefficient (Wildman–Crippen LogP) is 3.04. The molecule has 0 saturated carbocycles. The third-order valence-corrected chi connectivity index (χ3v) is 5.83. The molecular weight excluding hydrogens is 288 g/mol. The number of carbonyl (C=O) groups excluding carboxylic acids is 1. The normalized spacial score (nSPS) is 22.1. The number of rotatable bonds is 1. The Labute approximate surface area is 139 Å². The molecule has 1 spiro atoms. The number of aryl methyl sites for hydroxylation is 1. The number of hydrogen-bond donors (Lipinski definition) is 1. The van der Waals surface area contributed by atoms with E-state index in [-0.39, 0.29) is 11.7 Å². The number of phenols is 1. The Hall–Kier alpha value is -1.55. The number of nitrogens with zero attached hydrogens (tertiary/aromatic N) is 2. The maximum Gasteiger partial charge on any atom is 0.253 e. The maximum atomic E-state index is 12.7. The van der Waals surface area contributed by atoms with Gasteiger partial charge in [0, 0.05) is 18.7 Å². The van der Waals surface area contributed by atoms with Crippen LogP contribution in [0.3, 0.4) is 0 Å². The third-order valence-electron chi connectivity index (χ3n) is 5.83. The molecule has 1 aromatic carbocycles. The van der Waals surface area contributed by atoms with Crippen molar-refractivity contribution >= 4 is 5.91 Å².